The van der Waals surface area contributed by atoms with Gasteiger partial charge in [0.15, 0.2) is 0 Å². The molecule has 0 heterocycles. The van der Waals surface area contributed by atoms with Gasteiger partial charge < -0.3 is 5.32 Å². The number of amides is 1. The Balaban J connectivity index is 2.52. The van der Waals surface area contributed by atoms with Gasteiger partial charge in [0.25, 0.3) is 0 Å². The second-order valence-electron chi connectivity index (χ2n) is 3.65. The molecule has 0 fully saturated rings. The summed E-state index contributed by atoms with van der Waals surface area (Å²) in [4.78, 5) is 11.5. The third kappa shape index (κ3) is 5.39. The largest absolute Gasteiger partial charge is 0.352 e. The molecule has 18 heavy (non-hydrogen) atoms. The highest BCUT2D eigenvalue weighted by Crippen LogP contribution is 2.21. The SMILES string of the molecule is C/C=C/CCNC(=O)/C=C/c1cc(Cl)ccc1Cl. The Morgan fingerprint density at radius 1 is 1.39 bits per heavy atom. The number of carbonyl (C=O) groups is 1. The summed E-state index contributed by atoms with van der Waals surface area (Å²) in [5.41, 5.74) is 0.729. The highest BCUT2D eigenvalue weighted by Gasteiger charge is 1.99. The number of halogens is 2. The zero-order valence-electron chi connectivity index (χ0n) is 10.1. The molecule has 96 valence electrons. The third-order valence-corrected chi connectivity index (χ3v) is 2.80. The number of carbonyl (C=O) groups excluding carboxylic acids is 1. The maximum atomic E-state index is 11.5. The number of hydrogen-bond donors (Lipinski definition) is 1. The summed E-state index contributed by atoms with van der Waals surface area (Å²) in [5, 5.41) is 3.93. The van der Waals surface area contributed by atoms with E-state index < -0.39 is 0 Å². The predicted octanol–water partition coefficient (Wildman–Crippen LogP) is 4.09. The van der Waals surface area contributed by atoms with Crippen LogP contribution in [0.4, 0.5) is 0 Å². The number of hydrogen-bond acceptors (Lipinski definition) is 1. The van der Waals surface area contributed by atoms with Crippen LogP contribution in [0.25, 0.3) is 6.08 Å². The molecule has 0 atom stereocenters. The van der Waals surface area contributed by atoms with Crippen molar-refractivity contribution in [3.8, 4) is 0 Å². The first kappa shape index (κ1) is 14.8. The van der Waals surface area contributed by atoms with E-state index in [-0.39, 0.29) is 5.91 Å². The van der Waals surface area contributed by atoms with Gasteiger partial charge in [-0.05, 0) is 43.2 Å². The van der Waals surface area contributed by atoms with E-state index in [1.54, 1.807) is 24.3 Å². The average molecular weight is 284 g/mol. The van der Waals surface area contributed by atoms with Crippen molar-refractivity contribution in [1.29, 1.82) is 0 Å². The molecule has 0 aliphatic heterocycles. The van der Waals surface area contributed by atoms with Gasteiger partial charge in [-0.15, -0.1) is 0 Å². The number of benzene rings is 1. The molecular formula is C14H15Cl2NO. The summed E-state index contributed by atoms with van der Waals surface area (Å²) in [7, 11) is 0. The minimum absolute atomic E-state index is 0.143. The van der Waals surface area contributed by atoms with Crippen LogP contribution >= 0.6 is 23.2 Å². The standard InChI is InChI=1S/C14H15Cl2NO/c1-2-3-4-9-17-14(18)8-5-11-10-12(15)6-7-13(11)16/h2-3,5-8,10H,4,9H2,1H3,(H,17,18)/b3-2+,8-5+. The lowest BCUT2D eigenvalue weighted by Crippen LogP contribution is -2.21. The Hall–Kier alpha value is -1.25. The van der Waals surface area contributed by atoms with Crippen LogP contribution in [0.3, 0.4) is 0 Å². The van der Waals surface area contributed by atoms with E-state index >= 15 is 0 Å². The fraction of sp³-hybridized carbons (Fsp3) is 0.214. The van der Waals surface area contributed by atoms with Gasteiger partial charge in [0, 0.05) is 22.7 Å². The summed E-state index contributed by atoms with van der Waals surface area (Å²) in [6.07, 6.45) is 7.88. The third-order valence-electron chi connectivity index (χ3n) is 2.22. The van der Waals surface area contributed by atoms with Crippen LogP contribution in [0.5, 0.6) is 0 Å². The molecule has 0 saturated heterocycles. The van der Waals surface area contributed by atoms with Crippen LogP contribution in [0.15, 0.2) is 36.4 Å². The van der Waals surface area contributed by atoms with Gasteiger partial charge in [0.1, 0.15) is 0 Å². The quantitative estimate of drug-likeness (QED) is 0.492. The smallest absolute Gasteiger partial charge is 0.244 e. The van der Waals surface area contributed by atoms with Crippen molar-refractivity contribution in [1.82, 2.24) is 5.32 Å². The molecular weight excluding hydrogens is 269 g/mol. The predicted molar refractivity (Wildman–Crippen MR) is 77.9 cm³/mol. The zero-order chi connectivity index (χ0) is 13.4. The lowest BCUT2D eigenvalue weighted by Gasteiger charge is -2.00. The molecule has 0 aliphatic rings. The van der Waals surface area contributed by atoms with Gasteiger partial charge in [0.05, 0.1) is 0 Å². The molecule has 2 nitrogen and oxygen atoms in total. The van der Waals surface area contributed by atoms with Crippen LogP contribution in [0.2, 0.25) is 10.0 Å². The van der Waals surface area contributed by atoms with Crippen LogP contribution in [-0.2, 0) is 4.79 Å². The van der Waals surface area contributed by atoms with E-state index in [1.807, 2.05) is 19.1 Å². The highest BCUT2D eigenvalue weighted by molar-refractivity contribution is 6.34. The van der Waals surface area contributed by atoms with E-state index in [4.69, 9.17) is 23.2 Å². The van der Waals surface area contributed by atoms with Crippen molar-refractivity contribution in [2.24, 2.45) is 0 Å². The fourth-order valence-electron chi connectivity index (χ4n) is 1.31. The van der Waals surface area contributed by atoms with Gasteiger partial charge in [-0.2, -0.15) is 0 Å². The maximum Gasteiger partial charge on any atom is 0.244 e. The van der Waals surface area contributed by atoms with Crippen molar-refractivity contribution in [2.75, 3.05) is 6.54 Å². The van der Waals surface area contributed by atoms with Gasteiger partial charge in [0.2, 0.25) is 5.91 Å². The topological polar surface area (TPSA) is 29.1 Å². The average Bonchev–Trinajstić information content (AvgIpc) is 2.36. The van der Waals surface area contributed by atoms with Gasteiger partial charge >= 0.3 is 0 Å². The summed E-state index contributed by atoms with van der Waals surface area (Å²) >= 11 is 11.8. The first-order valence-corrected chi connectivity index (χ1v) is 6.41. The van der Waals surface area contributed by atoms with Crippen LogP contribution in [0, 0.1) is 0 Å². The number of nitrogens with one attached hydrogen (secondary N) is 1. The summed E-state index contributed by atoms with van der Waals surface area (Å²) in [6, 6.07) is 5.12. The Kier molecular flexibility index (Phi) is 6.55. The molecule has 1 N–H and O–H groups in total. The summed E-state index contributed by atoms with van der Waals surface area (Å²) in [5.74, 6) is -0.143. The molecule has 0 unspecified atom stereocenters. The molecule has 0 aromatic heterocycles. The van der Waals surface area contributed by atoms with Crippen LogP contribution in [0.1, 0.15) is 18.9 Å². The summed E-state index contributed by atoms with van der Waals surface area (Å²) < 4.78 is 0. The Bertz CT molecular complexity index is 467. The van der Waals surface area contributed by atoms with Crippen molar-refractivity contribution in [3.63, 3.8) is 0 Å². The van der Waals surface area contributed by atoms with Crippen LogP contribution in [-0.4, -0.2) is 12.5 Å². The molecule has 0 spiro atoms. The molecule has 0 aliphatic carbocycles. The molecule has 0 radical (unpaired) electrons. The van der Waals surface area contributed by atoms with E-state index in [1.165, 1.54) is 6.08 Å². The van der Waals surface area contributed by atoms with Gasteiger partial charge in [-0.1, -0.05) is 35.4 Å². The number of allylic oxidation sites excluding steroid dienone is 1. The van der Waals surface area contributed by atoms with Crippen molar-refractivity contribution < 1.29 is 4.79 Å². The molecule has 1 amide bonds. The number of rotatable bonds is 5. The van der Waals surface area contributed by atoms with Gasteiger partial charge in [-0.25, -0.2) is 0 Å². The molecule has 1 aromatic rings. The normalized spacial score (nSPS) is 11.3. The van der Waals surface area contributed by atoms with Crippen molar-refractivity contribution >= 4 is 35.2 Å². The second-order valence-corrected chi connectivity index (χ2v) is 4.49. The molecule has 0 saturated carbocycles. The molecule has 1 rings (SSSR count). The van der Waals surface area contributed by atoms with E-state index in [9.17, 15) is 4.79 Å². The Morgan fingerprint density at radius 3 is 2.89 bits per heavy atom. The van der Waals surface area contributed by atoms with Crippen LogP contribution < -0.4 is 5.32 Å². The van der Waals surface area contributed by atoms with Crippen molar-refractivity contribution in [2.45, 2.75) is 13.3 Å². The minimum atomic E-state index is -0.143. The van der Waals surface area contributed by atoms with E-state index in [0.29, 0.717) is 16.6 Å². The fourth-order valence-corrected chi connectivity index (χ4v) is 1.67. The highest BCUT2D eigenvalue weighted by atomic mass is 35.5. The van der Waals surface area contributed by atoms with E-state index in [0.717, 1.165) is 12.0 Å². The second kappa shape index (κ2) is 7.96. The summed E-state index contributed by atoms with van der Waals surface area (Å²) in [6.45, 7) is 2.57. The maximum absolute atomic E-state index is 11.5. The van der Waals surface area contributed by atoms with E-state index in [2.05, 4.69) is 5.32 Å². The monoisotopic (exact) mass is 283 g/mol. The Morgan fingerprint density at radius 2 is 2.17 bits per heavy atom. The Labute approximate surface area is 117 Å². The zero-order valence-corrected chi connectivity index (χ0v) is 11.6. The lowest BCUT2D eigenvalue weighted by molar-refractivity contribution is -0.116. The minimum Gasteiger partial charge on any atom is -0.352 e. The molecule has 4 heteroatoms. The van der Waals surface area contributed by atoms with Crippen molar-refractivity contribution in [3.05, 3.63) is 52.0 Å². The molecule has 1 aromatic carbocycles. The lowest BCUT2D eigenvalue weighted by atomic mass is 10.2. The van der Waals surface area contributed by atoms with Gasteiger partial charge in [-0.3, -0.25) is 4.79 Å². The first-order chi connectivity index (χ1) is 8.63. The molecule has 0 bridgehead atoms. The first-order valence-electron chi connectivity index (χ1n) is 5.65.